The highest BCUT2D eigenvalue weighted by molar-refractivity contribution is 9.09. The average molecular weight is 271 g/mol. The molecular weight excluding hydrogens is 260 g/mol. The van der Waals surface area contributed by atoms with Crippen LogP contribution in [0, 0.1) is 0 Å². The monoisotopic (exact) mass is 270 g/mol. The number of alkyl halides is 1. The third-order valence-electron chi connectivity index (χ3n) is 1.77. The molecule has 0 bridgehead atoms. The number of rotatable bonds is 3. The zero-order chi connectivity index (χ0) is 11.4. The van der Waals surface area contributed by atoms with Crippen LogP contribution in [-0.4, -0.2) is 16.8 Å². The Hall–Kier alpha value is -1.36. The van der Waals surface area contributed by atoms with E-state index in [0.717, 1.165) is 0 Å². The van der Waals surface area contributed by atoms with Crippen molar-refractivity contribution in [2.24, 2.45) is 5.73 Å². The lowest BCUT2D eigenvalue weighted by atomic mass is 10.1. The van der Waals surface area contributed by atoms with Crippen LogP contribution in [0.3, 0.4) is 0 Å². The number of hydrogen-bond acceptors (Lipinski definition) is 2. The number of amides is 2. The lowest BCUT2D eigenvalue weighted by Gasteiger charge is -2.09. The van der Waals surface area contributed by atoms with Crippen LogP contribution in [0.15, 0.2) is 24.3 Å². The molecule has 1 atom stereocenters. The molecule has 0 saturated heterocycles. The molecule has 2 amide bonds. The van der Waals surface area contributed by atoms with E-state index in [0.29, 0.717) is 0 Å². The summed E-state index contributed by atoms with van der Waals surface area (Å²) in [6.45, 7) is 1.77. The summed E-state index contributed by atoms with van der Waals surface area (Å²) in [6.07, 6.45) is 0. The van der Waals surface area contributed by atoms with E-state index in [2.05, 4.69) is 21.2 Å². The van der Waals surface area contributed by atoms with E-state index in [-0.39, 0.29) is 22.0 Å². The fraction of sp³-hybridized carbons (Fsp3) is 0.200. The van der Waals surface area contributed by atoms with Crippen LogP contribution < -0.4 is 11.1 Å². The Bertz CT molecular complexity index is 391. The Kier molecular flexibility index (Phi) is 3.85. The molecule has 0 fully saturated rings. The lowest BCUT2D eigenvalue weighted by Crippen LogP contribution is -2.30. The molecule has 0 heterocycles. The van der Waals surface area contributed by atoms with Crippen molar-refractivity contribution < 1.29 is 9.59 Å². The predicted molar refractivity (Wildman–Crippen MR) is 60.8 cm³/mol. The molecule has 0 spiro atoms. The molecule has 15 heavy (non-hydrogen) atoms. The molecule has 0 aliphatic carbocycles. The van der Waals surface area contributed by atoms with Crippen molar-refractivity contribution in [2.75, 3.05) is 0 Å². The summed E-state index contributed by atoms with van der Waals surface area (Å²) < 4.78 is 0. The number of primary amides is 1. The average Bonchev–Trinajstić information content (AvgIpc) is 2.16. The Morgan fingerprint density at radius 3 is 2.33 bits per heavy atom. The maximum Gasteiger partial charge on any atom is 0.252 e. The molecule has 0 aliphatic heterocycles. The minimum atomic E-state index is -0.608. The number of carbonyl (C=O) groups is 2. The van der Waals surface area contributed by atoms with Gasteiger partial charge in [0.25, 0.3) is 5.91 Å². The van der Waals surface area contributed by atoms with Crippen molar-refractivity contribution in [3.05, 3.63) is 35.4 Å². The van der Waals surface area contributed by atoms with Crippen LogP contribution in [0.2, 0.25) is 0 Å². The van der Waals surface area contributed by atoms with Crippen molar-refractivity contribution in [3.63, 3.8) is 0 Å². The first-order valence-corrected chi connectivity index (χ1v) is 5.27. The van der Waals surface area contributed by atoms with Crippen LogP contribution in [0.25, 0.3) is 0 Å². The molecule has 1 rings (SSSR count). The van der Waals surface area contributed by atoms with Crippen molar-refractivity contribution in [1.82, 2.24) is 5.32 Å². The smallest absolute Gasteiger partial charge is 0.252 e. The number of benzene rings is 1. The molecule has 1 aromatic rings. The summed E-state index contributed by atoms with van der Waals surface area (Å²) in [5.41, 5.74) is 5.67. The van der Waals surface area contributed by atoms with E-state index in [4.69, 9.17) is 5.73 Å². The summed E-state index contributed by atoms with van der Waals surface area (Å²) in [4.78, 5) is 22.5. The number of hydrogen-bond donors (Lipinski definition) is 2. The topological polar surface area (TPSA) is 72.2 Å². The van der Waals surface area contributed by atoms with Gasteiger partial charge in [0.05, 0.1) is 16.1 Å². The first kappa shape index (κ1) is 11.7. The second-order valence-electron chi connectivity index (χ2n) is 3.00. The van der Waals surface area contributed by atoms with E-state index >= 15 is 0 Å². The SMILES string of the molecule is CC(Br)NC(=O)c1ccccc1C(N)=O. The highest BCUT2D eigenvalue weighted by Crippen LogP contribution is 2.08. The molecule has 80 valence electrons. The first-order chi connectivity index (χ1) is 7.02. The van der Waals surface area contributed by atoms with Gasteiger partial charge in [0, 0.05) is 0 Å². The minimum Gasteiger partial charge on any atom is -0.366 e. The Morgan fingerprint density at radius 1 is 1.33 bits per heavy atom. The van der Waals surface area contributed by atoms with Gasteiger partial charge >= 0.3 is 0 Å². The minimum absolute atomic E-state index is 0.161. The standard InChI is InChI=1S/C10H11BrN2O2/c1-6(11)13-10(15)8-5-3-2-4-7(8)9(12)14/h2-6H,1H3,(H2,12,14)(H,13,15). The second-order valence-corrected chi connectivity index (χ2v) is 4.37. The third kappa shape index (κ3) is 3.06. The van der Waals surface area contributed by atoms with Gasteiger partial charge in [0.15, 0.2) is 0 Å². The molecule has 3 N–H and O–H groups in total. The Morgan fingerprint density at radius 2 is 1.87 bits per heavy atom. The van der Waals surface area contributed by atoms with Crippen LogP contribution >= 0.6 is 15.9 Å². The van der Waals surface area contributed by atoms with Crippen LogP contribution in [-0.2, 0) is 0 Å². The van der Waals surface area contributed by atoms with Crippen molar-refractivity contribution >= 4 is 27.7 Å². The normalized spacial score (nSPS) is 11.9. The zero-order valence-electron chi connectivity index (χ0n) is 8.16. The Labute approximate surface area is 96.0 Å². The maximum atomic E-state index is 11.6. The lowest BCUT2D eigenvalue weighted by molar-refractivity contribution is 0.0935. The van der Waals surface area contributed by atoms with Gasteiger partial charge in [0.1, 0.15) is 0 Å². The number of carbonyl (C=O) groups excluding carboxylic acids is 2. The van der Waals surface area contributed by atoms with Gasteiger partial charge in [-0.25, -0.2) is 0 Å². The molecular formula is C10H11BrN2O2. The summed E-state index contributed by atoms with van der Waals surface area (Å²) in [5.74, 6) is -0.934. The second kappa shape index (κ2) is 4.93. The fourth-order valence-electron chi connectivity index (χ4n) is 1.15. The van der Waals surface area contributed by atoms with Gasteiger partial charge in [-0.2, -0.15) is 0 Å². The summed E-state index contributed by atoms with van der Waals surface area (Å²) in [5, 5.41) is 2.62. The third-order valence-corrected chi connectivity index (χ3v) is 2.00. The van der Waals surface area contributed by atoms with Gasteiger partial charge in [-0.15, -0.1) is 0 Å². The van der Waals surface area contributed by atoms with Gasteiger partial charge in [-0.05, 0) is 19.1 Å². The van der Waals surface area contributed by atoms with Crippen molar-refractivity contribution in [2.45, 2.75) is 11.9 Å². The van der Waals surface area contributed by atoms with Gasteiger partial charge in [-0.1, -0.05) is 28.1 Å². The van der Waals surface area contributed by atoms with Crippen molar-refractivity contribution in [3.8, 4) is 0 Å². The van der Waals surface area contributed by atoms with Crippen molar-refractivity contribution in [1.29, 1.82) is 0 Å². The van der Waals surface area contributed by atoms with Gasteiger partial charge in [0.2, 0.25) is 5.91 Å². The van der Waals surface area contributed by atoms with Gasteiger partial charge in [-0.3, -0.25) is 9.59 Å². The zero-order valence-corrected chi connectivity index (χ0v) is 9.74. The summed E-state index contributed by atoms with van der Waals surface area (Å²) in [6, 6.07) is 6.43. The fourth-order valence-corrected chi connectivity index (χ4v) is 1.36. The largest absolute Gasteiger partial charge is 0.366 e. The predicted octanol–water partition coefficient (Wildman–Crippen LogP) is 1.26. The Balaban J connectivity index is 3.03. The van der Waals surface area contributed by atoms with Gasteiger partial charge < -0.3 is 11.1 Å². The van der Waals surface area contributed by atoms with E-state index in [1.807, 2.05) is 0 Å². The highest BCUT2D eigenvalue weighted by Gasteiger charge is 2.14. The van der Waals surface area contributed by atoms with E-state index in [9.17, 15) is 9.59 Å². The van der Waals surface area contributed by atoms with Crippen LogP contribution in [0.4, 0.5) is 0 Å². The summed E-state index contributed by atoms with van der Waals surface area (Å²) >= 11 is 3.19. The molecule has 0 saturated carbocycles. The summed E-state index contributed by atoms with van der Waals surface area (Å²) in [7, 11) is 0. The maximum absolute atomic E-state index is 11.6. The quantitative estimate of drug-likeness (QED) is 0.641. The molecule has 1 aromatic carbocycles. The molecule has 1 unspecified atom stereocenters. The van der Waals surface area contributed by atoms with E-state index in [1.54, 1.807) is 25.1 Å². The number of nitrogens with two attached hydrogens (primary N) is 1. The molecule has 0 aliphatic rings. The molecule has 5 heteroatoms. The molecule has 4 nitrogen and oxygen atoms in total. The number of nitrogens with one attached hydrogen (secondary N) is 1. The van der Waals surface area contributed by atoms with Crippen LogP contribution in [0.1, 0.15) is 27.6 Å². The first-order valence-electron chi connectivity index (χ1n) is 4.36. The number of halogens is 1. The van der Waals surface area contributed by atoms with E-state index in [1.165, 1.54) is 6.07 Å². The van der Waals surface area contributed by atoms with Crippen LogP contribution in [0.5, 0.6) is 0 Å². The molecule has 0 aromatic heterocycles. The molecule has 0 radical (unpaired) electrons. The highest BCUT2D eigenvalue weighted by atomic mass is 79.9. The van der Waals surface area contributed by atoms with E-state index < -0.39 is 5.91 Å².